The second-order valence-corrected chi connectivity index (χ2v) is 6.89. The number of halogens is 1. The van der Waals surface area contributed by atoms with Crippen LogP contribution in [0.25, 0.3) is 0 Å². The molecule has 0 aliphatic carbocycles. The van der Waals surface area contributed by atoms with Crippen molar-refractivity contribution in [3.63, 3.8) is 0 Å². The molecule has 3 nitrogen and oxygen atoms in total. The average Bonchev–Trinajstić information content (AvgIpc) is 3.06. The lowest BCUT2D eigenvalue weighted by atomic mass is 10.0. The van der Waals surface area contributed by atoms with Gasteiger partial charge in [0.1, 0.15) is 0 Å². The molecule has 2 heterocycles. The van der Waals surface area contributed by atoms with Crippen LogP contribution in [0.3, 0.4) is 0 Å². The molecule has 0 radical (unpaired) electrons. The van der Waals surface area contributed by atoms with E-state index in [1.807, 2.05) is 35.0 Å². The summed E-state index contributed by atoms with van der Waals surface area (Å²) in [4.78, 5) is 26.7. The number of hydrogen-bond donors (Lipinski definition) is 0. The average molecular weight is 338 g/mol. The Bertz CT molecular complexity index is 672. The molecule has 1 aromatic heterocycles. The van der Waals surface area contributed by atoms with E-state index >= 15 is 0 Å². The highest BCUT2D eigenvalue weighted by atomic mass is 35.5. The Morgan fingerprint density at radius 1 is 1.33 bits per heavy atom. The van der Waals surface area contributed by atoms with Gasteiger partial charge in [0.05, 0.1) is 11.9 Å². The molecule has 0 saturated heterocycles. The zero-order valence-corrected chi connectivity index (χ0v) is 13.4. The first-order valence-corrected chi connectivity index (χ1v) is 8.70. The van der Waals surface area contributed by atoms with Crippen molar-refractivity contribution >= 4 is 45.8 Å². The molecule has 1 aromatic carbocycles. The molecule has 1 aliphatic heterocycles. The normalized spacial score (nSPS) is 17.1. The Labute approximate surface area is 135 Å². The fourth-order valence-electron chi connectivity index (χ4n) is 2.45. The maximum absolute atomic E-state index is 12.5. The standard InChI is InChI=1S/C15H12ClNO2S2/c16-14(18)7-13-11-3-1-2-4-12(11)15(19)17(13)9-21-10-5-6-20-8-10/h1-6,8,13H,7,9H2. The Morgan fingerprint density at radius 2 is 2.14 bits per heavy atom. The second-order valence-electron chi connectivity index (χ2n) is 4.67. The van der Waals surface area contributed by atoms with E-state index < -0.39 is 5.24 Å². The topological polar surface area (TPSA) is 37.4 Å². The van der Waals surface area contributed by atoms with Gasteiger partial charge in [-0.25, -0.2) is 0 Å². The smallest absolute Gasteiger partial charge is 0.255 e. The first-order chi connectivity index (χ1) is 10.2. The van der Waals surface area contributed by atoms with E-state index in [-0.39, 0.29) is 18.4 Å². The van der Waals surface area contributed by atoms with Crippen LogP contribution in [-0.2, 0) is 4.79 Å². The number of carbonyl (C=O) groups excluding carboxylic acids is 2. The van der Waals surface area contributed by atoms with E-state index in [1.165, 1.54) is 0 Å². The van der Waals surface area contributed by atoms with Gasteiger partial charge in [0.25, 0.3) is 5.91 Å². The zero-order valence-electron chi connectivity index (χ0n) is 11.0. The summed E-state index contributed by atoms with van der Waals surface area (Å²) in [7, 11) is 0. The van der Waals surface area contributed by atoms with Gasteiger partial charge in [0.15, 0.2) is 0 Å². The minimum Gasteiger partial charge on any atom is -0.321 e. The first-order valence-electron chi connectivity index (χ1n) is 6.40. The third kappa shape index (κ3) is 3.00. The predicted molar refractivity (Wildman–Crippen MR) is 85.9 cm³/mol. The number of thioether (sulfide) groups is 1. The molecular weight excluding hydrogens is 326 g/mol. The number of rotatable bonds is 5. The van der Waals surface area contributed by atoms with Gasteiger partial charge in [-0.05, 0) is 34.7 Å². The van der Waals surface area contributed by atoms with Crippen LogP contribution in [0.15, 0.2) is 46.0 Å². The minimum atomic E-state index is -0.421. The summed E-state index contributed by atoms with van der Waals surface area (Å²) in [5.74, 6) is 0.482. The molecule has 1 unspecified atom stereocenters. The maximum atomic E-state index is 12.5. The van der Waals surface area contributed by atoms with E-state index in [4.69, 9.17) is 11.6 Å². The number of thiophene rings is 1. The van der Waals surface area contributed by atoms with Crippen LogP contribution in [0, 0.1) is 0 Å². The van der Waals surface area contributed by atoms with Crippen molar-refractivity contribution < 1.29 is 9.59 Å². The Hall–Kier alpha value is -1.30. The van der Waals surface area contributed by atoms with Crippen molar-refractivity contribution in [1.82, 2.24) is 4.90 Å². The van der Waals surface area contributed by atoms with Crippen molar-refractivity contribution in [1.29, 1.82) is 0 Å². The van der Waals surface area contributed by atoms with Crippen LogP contribution >= 0.6 is 34.7 Å². The monoisotopic (exact) mass is 337 g/mol. The minimum absolute atomic E-state index is 0.0313. The number of nitrogens with zero attached hydrogens (tertiary/aromatic N) is 1. The van der Waals surface area contributed by atoms with Gasteiger partial charge in [-0.15, -0.1) is 11.8 Å². The molecule has 0 fully saturated rings. The van der Waals surface area contributed by atoms with Crippen LogP contribution in [0.5, 0.6) is 0 Å². The summed E-state index contributed by atoms with van der Waals surface area (Å²) >= 11 is 8.77. The first kappa shape index (κ1) is 14.6. The van der Waals surface area contributed by atoms with Crippen molar-refractivity contribution in [2.75, 3.05) is 5.88 Å². The van der Waals surface area contributed by atoms with Gasteiger partial charge in [0.2, 0.25) is 5.24 Å². The lowest BCUT2D eigenvalue weighted by molar-refractivity contribution is -0.112. The van der Waals surface area contributed by atoms with Gasteiger partial charge >= 0.3 is 0 Å². The van der Waals surface area contributed by atoms with Gasteiger partial charge in [-0.2, -0.15) is 11.3 Å². The number of fused-ring (bicyclic) bond motifs is 1. The van der Waals surface area contributed by atoms with E-state index in [0.29, 0.717) is 11.4 Å². The lowest BCUT2D eigenvalue weighted by Gasteiger charge is -2.23. The molecule has 2 aromatic rings. The van der Waals surface area contributed by atoms with Gasteiger partial charge in [-0.3, -0.25) is 9.59 Å². The maximum Gasteiger partial charge on any atom is 0.255 e. The van der Waals surface area contributed by atoms with Gasteiger partial charge < -0.3 is 4.90 Å². The number of benzene rings is 1. The molecule has 1 amide bonds. The molecule has 0 N–H and O–H groups in total. The zero-order chi connectivity index (χ0) is 14.8. The predicted octanol–water partition coefficient (Wildman–Crippen LogP) is 4.15. The molecule has 0 bridgehead atoms. The number of hydrogen-bond acceptors (Lipinski definition) is 4. The Morgan fingerprint density at radius 3 is 2.86 bits per heavy atom. The molecule has 6 heteroatoms. The molecule has 108 valence electrons. The number of carbonyl (C=O) groups is 2. The quantitative estimate of drug-likeness (QED) is 0.607. The van der Waals surface area contributed by atoms with Crippen LogP contribution in [0.1, 0.15) is 28.4 Å². The number of amides is 1. The van der Waals surface area contributed by atoms with Crippen LogP contribution in [-0.4, -0.2) is 21.9 Å². The lowest BCUT2D eigenvalue weighted by Crippen LogP contribution is -2.28. The van der Waals surface area contributed by atoms with E-state index in [9.17, 15) is 9.59 Å². The van der Waals surface area contributed by atoms with Crippen molar-refractivity contribution in [2.45, 2.75) is 17.4 Å². The van der Waals surface area contributed by atoms with Crippen LogP contribution in [0.4, 0.5) is 0 Å². The van der Waals surface area contributed by atoms with E-state index in [1.54, 1.807) is 34.1 Å². The molecule has 1 atom stereocenters. The molecular formula is C15H12ClNO2S2. The molecule has 21 heavy (non-hydrogen) atoms. The molecule has 1 aliphatic rings. The van der Waals surface area contributed by atoms with E-state index in [0.717, 1.165) is 10.5 Å². The summed E-state index contributed by atoms with van der Waals surface area (Å²) in [6.07, 6.45) is 0.147. The molecule has 0 saturated carbocycles. The van der Waals surface area contributed by atoms with Crippen molar-refractivity contribution in [3.8, 4) is 0 Å². The molecule has 3 rings (SSSR count). The van der Waals surface area contributed by atoms with Crippen LogP contribution in [0.2, 0.25) is 0 Å². The van der Waals surface area contributed by atoms with Gasteiger partial charge in [-0.1, -0.05) is 18.2 Å². The summed E-state index contributed by atoms with van der Waals surface area (Å²) in [6, 6.07) is 9.18. The summed E-state index contributed by atoms with van der Waals surface area (Å²) < 4.78 is 0. The SMILES string of the molecule is O=C(Cl)CC1c2ccccc2C(=O)N1CSc1ccsc1. The van der Waals surface area contributed by atoms with Gasteiger partial charge in [0, 0.05) is 22.3 Å². The highest BCUT2D eigenvalue weighted by Gasteiger charge is 2.37. The summed E-state index contributed by atoms with van der Waals surface area (Å²) in [6.45, 7) is 0. The highest BCUT2D eigenvalue weighted by molar-refractivity contribution is 7.99. The van der Waals surface area contributed by atoms with E-state index in [2.05, 4.69) is 0 Å². The van der Waals surface area contributed by atoms with Crippen LogP contribution < -0.4 is 0 Å². The van der Waals surface area contributed by atoms with Crippen molar-refractivity contribution in [3.05, 3.63) is 52.2 Å². The Kier molecular flexibility index (Phi) is 4.33. The highest BCUT2D eigenvalue weighted by Crippen LogP contribution is 2.38. The largest absolute Gasteiger partial charge is 0.321 e. The summed E-state index contributed by atoms with van der Waals surface area (Å²) in [5.41, 5.74) is 1.56. The fourth-order valence-corrected chi connectivity index (χ4v) is 4.38. The summed E-state index contributed by atoms with van der Waals surface area (Å²) in [5, 5.41) is 3.62. The molecule has 0 spiro atoms. The third-order valence-corrected chi connectivity index (χ3v) is 5.39. The Balaban J connectivity index is 1.84. The third-order valence-electron chi connectivity index (χ3n) is 3.41. The fraction of sp³-hybridized carbons (Fsp3) is 0.200. The second kappa shape index (κ2) is 6.22. The van der Waals surface area contributed by atoms with Crippen molar-refractivity contribution in [2.24, 2.45) is 0 Å².